The molecule has 0 saturated carbocycles. The van der Waals surface area contributed by atoms with Crippen LogP contribution in [0, 0.1) is 5.82 Å². The van der Waals surface area contributed by atoms with Gasteiger partial charge in [0.05, 0.1) is 19.8 Å². The van der Waals surface area contributed by atoms with Gasteiger partial charge in [-0.3, -0.25) is 0 Å². The second kappa shape index (κ2) is 6.26. The Bertz CT molecular complexity index is 487. The Morgan fingerprint density at radius 2 is 1.84 bits per heavy atom. The Hall–Kier alpha value is -1.99. The number of aliphatic hydroxyl groups excluding tert-OH is 2. The van der Waals surface area contributed by atoms with Crippen molar-refractivity contribution in [3.63, 3.8) is 0 Å². The lowest BCUT2D eigenvalue weighted by atomic mass is 10.0. The zero-order valence-corrected chi connectivity index (χ0v) is 10.3. The Balaban J connectivity index is 3.11. The normalized spacial score (nSPS) is 13.5. The first kappa shape index (κ1) is 15.1. The summed E-state index contributed by atoms with van der Waals surface area (Å²) in [6.45, 7) is 0. The number of rotatable bonds is 4. The first-order valence-corrected chi connectivity index (χ1v) is 5.24. The van der Waals surface area contributed by atoms with Gasteiger partial charge in [0.25, 0.3) is 0 Å². The van der Waals surface area contributed by atoms with E-state index in [0.29, 0.717) is 0 Å². The van der Waals surface area contributed by atoms with Gasteiger partial charge < -0.3 is 19.7 Å². The smallest absolute Gasteiger partial charge is 0.337 e. The highest BCUT2D eigenvalue weighted by molar-refractivity contribution is 5.89. The highest BCUT2D eigenvalue weighted by Gasteiger charge is 2.29. The zero-order valence-electron chi connectivity index (χ0n) is 10.3. The van der Waals surface area contributed by atoms with Crippen LogP contribution in [0.25, 0.3) is 0 Å². The number of esters is 2. The van der Waals surface area contributed by atoms with E-state index >= 15 is 0 Å². The minimum Gasteiger partial charge on any atom is -0.467 e. The number of carbonyl (C=O) groups is 2. The summed E-state index contributed by atoms with van der Waals surface area (Å²) >= 11 is 0. The lowest BCUT2D eigenvalue weighted by Gasteiger charge is -2.17. The summed E-state index contributed by atoms with van der Waals surface area (Å²) in [5.74, 6) is -2.72. The first-order chi connectivity index (χ1) is 8.92. The van der Waals surface area contributed by atoms with Gasteiger partial charge in [-0.2, -0.15) is 0 Å². The fraction of sp³-hybridized carbons (Fsp3) is 0.333. The number of hydrogen-bond donors (Lipinski definition) is 2. The summed E-state index contributed by atoms with van der Waals surface area (Å²) in [7, 11) is 2.16. The topological polar surface area (TPSA) is 93.1 Å². The molecule has 0 amide bonds. The van der Waals surface area contributed by atoms with Gasteiger partial charge in [0.15, 0.2) is 6.10 Å². The number of methoxy groups -OCH3 is 2. The molecule has 0 spiro atoms. The van der Waals surface area contributed by atoms with Gasteiger partial charge in [0, 0.05) is 5.56 Å². The van der Waals surface area contributed by atoms with Crippen LogP contribution in [0.3, 0.4) is 0 Å². The predicted molar refractivity (Wildman–Crippen MR) is 60.7 cm³/mol. The Kier molecular flexibility index (Phi) is 4.96. The molecule has 1 rings (SSSR count). The highest BCUT2D eigenvalue weighted by atomic mass is 19.1. The summed E-state index contributed by atoms with van der Waals surface area (Å²) in [5.41, 5.74) is -0.421. The molecule has 7 heteroatoms. The van der Waals surface area contributed by atoms with Crippen molar-refractivity contribution in [3.05, 3.63) is 35.1 Å². The van der Waals surface area contributed by atoms with Crippen molar-refractivity contribution in [2.24, 2.45) is 0 Å². The van der Waals surface area contributed by atoms with E-state index in [1.165, 1.54) is 0 Å². The third-order valence-corrected chi connectivity index (χ3v) is 2.48. The average Bonchev–Trinajstić information content (AvgIpc) is 2.44. The van der Waals surface area contributed by atoms with Gasteiger partial charge >= 0.3 is 11.9 Å². The molecular formula is C12H13FO6. The van der Waals surface area contributed by atoms with Crippen molar-refractivity contribution in [2.45, 2.75) is 12.2 Å². The van der Waals surface area contributed by atoms with E-state index in [9.17, 15) is 24.2 Å². The number of aliphatic hydroxyl groups is 2. The van der Waals surface area contributed by atoms with Gasteiger partial charge in [0.1, 0.15) is 11.9 Å². The molecule has 0 radical (unpaired) electrons. The number of benzene rings is 1. The van der Waals surface area contributed by atoms with Crippen LogP contribution in [0.1, 0.15) is 22.0 Å². The summed E-state index contributed by atoms with van der Waals surface area (Å²) in [5, 5.41) is 19.2. The molecule has 0 aliphatic carbocycles. The summed E-state index contributed by atoms with van der Waals surface area (Å²) in [4.78, 5) is 22.3. The third-order valence-electron chi connectivity index (χ3n) is 2.48. The van der Waals surface area contributed by atoms with E-state index in [0.717, 1.165) is 32.4 Å². The first-order valence-electron chi connectivity index (χ1n) is 5.24. The molecule has 0 saturated heterocycles. The predicted octanol–water partition coefficient (Wildman–Crippen LogP) is 0.180. The van der Waals surface area contributed by atoms with Crippen LogP contribution in [0.5, 0.6) is 0 Å². The van der Waals surface area contributed by atoms with E-state index in [1.807, 2.05) is 0 Å². The second-order valence-corrected chi connectivity index (χ2v) is 3.64. The second-order valence-electron chi connectivity index (χ2n) is 3.64. The molecule has 0 fully saturated rings. The van der Waals surface area contributed by atoms with Crippen LogP contribution in [0.4, 0.5) is 4.39 Å². The molecule has 0 aliphatic heterocycles. The van der Waals surface area contributed by atoms with E-state index in [1.54, 1.807) is 0 Å². The molecular weight excluding hydrogens is 259 g/mol. The Morgan fingerprint density at radius 1 is 1.21 bits per heavy atom. The number of carbonyl (C=O) groups excluding carboxylic acids is 2. The molecule has 1 aromatic carbocycles. The van der Waals surface area contributed by atoms with E-state index < -0.39 is 35.5 Å². The number of ether oxygens (including phenoxy) is 2. The number of hydrogen-bond acceptors (Lipinski definition) is 6. The van der Waals surface area contributed by atoms with Crippen molar-refractivity contribution in [2.75, 3.05) is 14.2 Å². The van der Waals surface area contributed by atoms with Gasteiger partial charge in [-0.05, 0) is 18.2 Å². The maximum Gasteiger partial charge on any atom is 0.337 e. The molecule has 1 aromatic rings. The molecule has 0 aromatic heterocycles. The van der Waals surface area contributed by atoms with Crippen molar-refractivity contribution in [1.29, 1.82) is 0 Å². The monoisotopic (exact) mass is 272 g/mol. The molecule has 104 valence electrons. The van der Waals surface area contributed by atoms with Crippen LogP contribution in [0.15, 0.2) is 18.2 Å². The summed E-state index contributed by atoms with van der Waals surface area (Å²) in [6, 6.07) is 3.08. The Morgan fingerprint density at radius 3 is 2.37 bits per heavy atom. The van der Waals surface area contributed by atoms with Crippen LogP contribution >= 0.6 is 0 Å². The summed E-state index contributed by atoms with van der Waals surface area (Å²) in [6.07, 6.45) is -3.80. The van der Waals surface area contributed by atoms with E-state index in [-0.39, 0.29) is 5.56 Å². The molecule has 0 bridgehead atoms. The maximum absolute atomic E-state index is 13.5. The molecule has 2 unspecified atom stereocenters. The summed E-state index contributed by atoms with van der Waals surface area (Å²) < 4.78 is 22.2. The molecule has 0 aliphatic rings. The van der Waals surface area contributed by atoms with Crippen molar-refractivity contribution in [3.8, 4) is 0 Å². The Labute approximate surface area is 108 Å². The molecule has 2 atom stereocenters. The largest absolute Gasteiger partial charge is 0.467 e. The van der Waals surface area contributed by atoms with Gasteiger partial charge in [-0.1, -0.05) is 0 Å². The molecule has 6 nitrogen and oxygen atoms in total. The average molecular weight is 272 g/mol. The minimum atomic E-state index is -1.95. The lowest BCUT2D eigenvalue weighted by Crippen LogP contribution is -2.29. The van der Waals surface area contributed by atoms with Gasteiger partial charge in [-0.15, -0.1) is 0 Å². The SMILES string of the molecule is COC(=O)c1ccc(F)c(C(O)C(O)C(=O)OC)c1. The van der Waals surface area contributed by atoms with Crippen LogP contribution in [-0.2, 0) is 14.3 Å². The highest BCUT2D eigenvalue weighted by Crippen LogP contribution is 2.22. The molecule has 0 heterocycles. The molecule has 19 heavy (non-hydrogen) atoms. The van der Waals surface area contributed by atoms with Gasteiger partial charge in [-0.25, -0.2) is 14.0 Å². The van der Waals surface area contributed by atoms with Crippen LogP contribution < -0.4 is 0 Å². The quantitative estimate of drug-likeness (QED) is 0.759. The van der Waals surface area contributed by atoms with Crippen molar-refractivity contribution >= 4 is 11.9 Å². The van der Waals surface area contributed by atoms with Crippen LogP contribution in [0.2, 0.25) is 0 Å². The lowest BCUT2D eigenvalue weighted by molar-refractivity contribution is -0.156. The third kappa shape index (κ3) is 3.27. The van der Waals surface area contributed by atoms with E-state index in [2.05, 4.69) is 9.47 Å². The fourth-order valence-electron chi connectivity index (χ4n) is 1.43. The van der Waals surface area contributed by atoms with Crippen LogP contribution in [-0.4, -0.2) is 42.5 Å². The number of halogens is 1. The minimum absolute atomic E-state index is 0.0185. The fourth-order valence-corrected chi connectivity index (χ4v) is 1.43. The maximum atomic E-state index is 13.5. The standard InChI is InChI=1S/C12H13FO6/c1-18-11(16)6-3-4-8(13)7(5-6)9(14)10(15)12(17)19-2/h3-5,9-10,14-15H,1-2H3. The molecule has 2 N–H and O–H groups in total. The van der Waals surface area contributed by atoms with Gasteiger partial charge in [0.2, 0.25) is 0 Å². The zero-order chi connectivity index (χ0) is 14.6. The van der Waals surface area contributed by atoms with Crippen molar-refractivity contribution < 1.29 is 33.7 Å². The van der Waals surface area contributed by atoms with Crippen molar-refractivity contribution in [1.82, 2.24) is 0 Å². The van der Waals surface area contributed by atoms with E-state index in [4.69, 9.17) is 0 Å².